The number of rotatable bonds is 5. The maximum Gasteiger partial charge on any atom is 0.256 e. The zero-order chi connectivity index (χ0) is 23.1. The van der Waals surface area contributed by atoms with Gasteiger partial charge in [0.25, 0.3) is 5.91 Å². The summed E-state index contributed by atoms with van der Waals surface area (Å²) in [5, 5.41) is 7.98. The summed E-state index contributed by atoms with van der Waals surface area (Å²) in [6.45, 7) is 1.83. The van der Waals surface area contributed by atoms with Gasteiger partial charge < -0.3 is 10.1 Å². The third kappa shape index (κ3) is 3.85. The van der Waals surface area contributed by atoms with Crippen LogP contribution in [0.4, 0.5) is 11.5 Å². The molecule has 3 heterocycles. The normalized spacial score (nSPS) is 13.7. The second-order valence-electron chi connectivity index (χ2n) is 7.54. The first-order valence-corrected chi connectivity index (χ1v) is 11.0. The fourth-order valence-corrected chi connectivity index (χ4v) is 4.57. The number of hydrogen-bond donors (Lipinski definition) is 1. The van der Waals surface area contributed by atoms with Gasteiger partial charge in [-0.15, -0.1) is 0 Å². The number of benzene rings is 2. The van der Waals surface area contributed by atoms with Crippen LogP contribution in [0.25, 0.3) is 15.3 Å². The lowest BCUT2D eigenvalue weighted by atomic mass is 10.2. The molecule has 10 heteroatoms. The summed E-state index contributed by atoms with van der Waals surface area (Å²) in [6.07, 6.45) is 0.423. The lowest BCUT2D eigenvalue weighted by Gasteiger charge is -2.14. The minimum Gasteiger partial charge on any atom is -0.497 e. The average Bonchev–Trinajstić information content (AvgIpc) is 3.49. The van der Waals surface area contributed by atoms with Gasteiger partial charge in [0.05, 0.1) is 28.7 Å². The van der Waals surface area contributed by atoms with Gasteiger partial charge in [-0.25, -0.2) is 4.98 Å². The van der Waals surface area contributed by atoms with E-state index >= 15 is 0 Å². The highest BCUT2D eigenvalue weighted by Crippen LogP contribution is 2.30. The van der Waals surface area contributed by atoms with Crippen molar-refractivity contribution >= 4 is 50.8 Å². The first-order chi connectivity index (χ1) is 15.9. The molecule has 5 rings (SSSR count). The largest absolute Gasteiger partial charge is 0.497 e. The maximum absolute atomic E-state index is 12.9. The van der Waals surface area contributed by atoms with Crippen molar-refractivity contribution in [2.24, 2.45) is 0 Å². The molecule has 2 aromatic heterocycles. The van der Waals surface area contributed by atoms with Gasteiger partial charge in [0.15, 0.2) is 0 Å². The van der Waals surface area contributed by atoms with Crippen molar-refractivity contribution in [1.82, 2.24) is 14.8 Å². The molecule has 166 valence electrons. The van der Waals surface area contributed by atoms with E-state index in [4.69, 9.17) is 4.74 Å². The molecule has 9 nitrogen and oxygen atoms in total. The van der Waals surface area contributed by atoms with E-state index < -0.39 is 0 Å². The van der Waals surface area contributed by atoms with Crippen LogP contribution in [0.15, 0.2) is 48.5 Å². The van der Waals surface area contributed by atoms with Gasteiger partial charge in [0, 0.05) is 30.5 Å². The van der Waals surface area contributed by atoms with Crippen molar-refractivity contribution in [1.29, 1.82) is 0 Å². The van der Waals surface area contributed by atoms with Gasteiger partial charge in [-0.2, -0.15) is 9.78 Å². The molecule has 33 heavy (non-hydrogen) atoms. The molecule has 0 aliphatic carbocycles. The zero-order valence-electron chi connectivity index (χ0n) is 17.9. The number of aryl methyl sites for hydroxylation is 1. The molecule has 1 fully saturated rings. The van der Waals surface area contributed by atoms with Crippen LogP contribution in [0.2, 0.25) is 0 Å². The van der Waals surface area contributed by atoms with Crippen LogP contribution in [0, 0.1) is 6.92 Å². The van der Waals surface area contributed by atoms with Crippen LogP contribution in [-0.4, -0.2) is 39.6 Å². The molecule has 0 bridgehead atoms. The minimum atomic E-state index is -0.343. The van der Waals surface area contributed by atoms with E-state index in [1.807, 2.05) is 25.1 Å². The Labute approximate surface area is 192 Å². The van der Waals surface area contributed by atoms with Crippen LogP contribution >= 0.6 is 11.3 Å². The number of nitrogens with zero attached hydrogens (tertiary/aromatic N) is 4. The Kier molecular flexibility index (Phi) is 5.14. The molecule has 1 aliphatic heterocycles. The smallest absolute Gasteiger partial charge is 0.256 e. The average molecular weight is 462 g/mol. The second kappa shape index (κ2) is 8.14. The molecule has 0 saturated carbocycles. The fraction of sp³-hybridized carbons (Fsp3) is 0.174. The second-order valence-corrected chi connectivity index (χ2v) is 8.55. The molecule has 1 aliphatic rings. The number of aromatic nitrogens is 3. The molecule has 2 aromatic carbocycles. The summed E-state index contributed by atoms with van der Waals surface area (Å²) in [6, 6.07) is 13.8. The monoisotopic (exact) mass is 461 g/mol. The number of amides is 3. The standard InChI is InChI=1S/C23H19N5O4S/c1-13-11-19(28(26-13)23-24-17-12-16(32-2)7-8-18(17)33-23)25-22(31)14-3-5-15(6-4-14)27-20(29)9-10-21(27)30/h3-8,11-12H,9-10H2,1-2H3,(H,25,31). The molecular weight excluding hydrogens is 442 g/mol. The highest BCUT2D eigenvalue weighted by Gasteiger charge is 2.30. The number of anilines is 2. The number of nitrogens with one attached hydrogen (secondary N) is 1. The van der Waals surface area contributed by atoms with Gasteiger partial charge in [-0.3, -0.25) is 19.3 Å². The number of hydrogen-bond acceptors (Lipinski definition) is 7. The lowest BCUT2D eigenvalue weighted by molar-refractivity contribution is -0.121. The van der Waals surface area contributed by atoms with Crippen LogP contribution in [0.1, 0.15) is 28.9 Å². The fourth-order valence-electron chi connectivity index (χ4n) is 3.66. The van der Waals surface area contributed by atoms with E-state index in [-0.39, 0.29) is 30.6 Å². The predicted octanol–water partition coefficient (Wildman–Crippen LogP) is 3.70. The SMILES string of the molecule is COc1ccc2sc(-n3nc(C)cc3NC(=O)c3ccc(N4C(=O)CCC4=O)cc3)nc2c1. The van der Waals surface area contributed by atoms with Crippen molar-refractivity contribution in [2.45, 2.75) is 19.8 Å². The quantitative estimate of drug-likeness (QED) is 0.454. The van der Waals surface area contributed by atoms with Crippen LogP contribution in [-0.2, 0) is 9.59 Å². The van der Waals surface area contributed by atoms with Gasteiger partial charge in [0.2, 0.25) is 16.9 Å². The van der Waals surface area contributed by atoms with Crippen LogP contribution < -0.4 is 15.0 Å². The Morgan fingerprint density at radius 1 is 1.06 bits per heavy atom. The zero-order valence-corrected chi connectivity index (χ0v) is 18.7. The third-order valence-corrected chi connectivity index (χ3v) is 6.29. The molecule has 3 amide bonds. The summed E-state index contributed by atoms with van der Waals surface area (Å²) in [5.41, 5.74) is 2.35. The van der Waals surface area contributed by atoms with Gasteiger partial charge >= 0.3 is 0 Å². The van der Waals surface area contributed by atoms with Gasteiger partial charge in [-0.05, 0) is 43.3 Å². The summed E-state index contributed by atoms with van der Waals surface area (Å²) < 4.78 is 7.83. The van der Waals surface area contributed by atoms with Crippen LogP contribution in [0.5, 0.6) is 5.75 Å². The van der Waals surface area contributed by atoms with E-state index in [9.17, 15) is 14.4 Å². The molecule has 0 radical (unpaired) electrons. The number of methoxy groups -OCH3 is 1. The van der Waals surface area contributed by atoms with E-state index in [2.05, 4.69) is 15.4 Å². The molecule has 4 aromatic rings. The highest BCUT2D eigenvalue weighted by molar-refractivity contribution is 7.20. The third-order valence-electron chi connectivity index (χ3n) is 5.28. The van der Waals surface area contributed by atoms with Crippen molar-refractivity contribution in [3.05, 3.63) is 59.8 Å². The minimum absolute atomic E-state index is 0.211. The Morgan fingerprint density at radius 3 is 2.48 bits per heavy atom. The first kappa shape index (κ1) is 20.8. The highest BCUT2D eigenvalue weighted by atomic mass is 32.1. The van der Waals surface area contributed by atoms with Crippen molar-refractivity contribution < 1.29 is 19.1 Å². The number of imide groups is 1. The van der Waals surface area contributed by atoms with Crippen molar-refractivity contribution in [3.63, 3.8) is 0 Å². The lowest BCUT2D eigenvalue weighted by Crippen LogP contribution is -2.28. The summed E-state index contributed by atoms with van der Waals surface area (Å²) in [4.78, 5) is 42.5. The number of carbonyl (C=O) groups excluding carboxylic acids is 3. The maximum atomic E-state index is 12.9. The Morgan fingerprint density at radius 2 is 1.79 bits per heavy atom. The Bertz CT molecular complexity index is 1390. The number of ether oxygens (including phenoxy) is 1. The molecule has 1 saturated heterocycles. The predicted molar refractivity (Wildman–Crippen MR) is 124 cm³/mol. The van der Waals surface area contributed by atoms with Crippen molar-refractivity contribution in [3.8, 4) is 10.9 Å². The van der Waals surface area contributed by atoms with E-state index in [1.54, 1.807) is 42.1 Å². The van der Waals surface area contributed by atoms with Crippen molar-refractivity contribution in [2.75, 3.05) is 17.3 Å². The Balaban J connectivity index is 1.40. The van der Waals surface area contributed by atoms with Crippen LogP contribution in [0.3, 0.4) is 0 Å². The number of carbonyl (C=O) groups is 3. The number of thiazole rings is 1. The molecule has 1 N–H and O–H groups in total. The number of fused-ring (bicyclic) bond motifs is 1. The molecule has 0 spiro atoms. The summed E-state index contributed by atoms with van der Waals surface area (Å²) in [7, 11) is 1.60. The van der Waals surface area contributed by atoms with E-state index in [0.717, 1.165) is 20.8 Å². The first-order valence-electron chi connectivity index (χ1n) is 10.2. The molecule has 0 atom stereocenters. The summed E-state index contributed by atoms with van der Waals surface area (Å²) in [5.74, 6) is 0.391. The molecular formula is C23H19N5O4S. The van der Waals surface area contributed by atoms with Gasteiger partial charge in [-0.1, -0.05) is 11.3 Å². The summed E-state index contributed by atoms with van der Waals surface area (Å²) >= 11 is 1.45. The Hall–Kier alpha value is -4.05. The van der Waals surface area contributed by atoms with Gasteiger partial charge in [0.1, 0.15) is 11.6 Å². The molecule has 0 unspecified atom stereocenters. The topological polar surface area (TPSA) is 106 Å². The van der Waals surface area contributed by atoms with E-state index in [1.165, 1.54) is 11.3 Å². The van der Waals surface area contributed by atoms with E-state index in [0.29, 0.717) is 27.9 Å².